The van der Waals surface area contributed by atoms with Gasteiger partial charge >= 0.3 is 5.69 Å². The summed E-state index contributed by atoms with van der Waals surface area (Å²) in [6, 6.07) is 8.02. The van der Waals surface area contributed by atoms with E-state index in [9.17, 15) is 4.79 Å². The van der Waals surface area contributed by atoms with Crippen molar-refractivity contribution in [3.63, 3.8) is 0 Å². The van der Waals surface area contributed by atoms with Gasteiger partial charge in [-0.3, -0.25) is 4.57 Å². The second-order valence-electron chi connectivity index (χ2n) is 5.26. The third kappa shape index (κ3) is 1.84. The van der Waals surface area contributed by atoms with Gasteiger partial charge in [0.15, 0.2) is 0 Å². The molecule has 6 nitrogen and oxygen atoms in total. The van der Waals surface area contributed by atoms with E-state index in [1.54, 1.807) is 9.25 Å². The summed E-state index contributed by atoms with van der Waals surface area (Å²) in [6.07, 6.45) is 0.832. The second-order valence-corrected chi connectivity index (χ2v) is 5.26. The van der Waals surface area contributed by atoms with Crippen LogP contribution in [0.1, 0.15) is 11.4 Å². The Morgan fingerprint density at radius 1 is 1.40 bits per heavy atom. The van der Waals surface area contributed by atoms with Crippen LogP contribution in [0.3, 0.4) is 0 Å². The Morgan fingerprint density at radius 3 is 3.15 bits per heavy atom. The molecule has 104 valence electrons. The highest BCUT2D eigenvalue weighted by Gasteiger charge is 2.25. The van der Waals surface area contributed by atoms with Gasteiger partial charge in [0.1, 0.15) is 17.7 Å². The molecule has 3 heterocycles. The van der Waals surface area contributed by atoms with E-state index in [0.29, 0.717) is 19.6 Å². The van der Waals surface area contributed by atoms with Gasteiger partial charge in [0.25, 0.3) is 0 Å². The lowest BCUT2D eigenvalue weighted by molar-refractivity contribution is 0.201. The molecule has 4 rings (SSSR count). The Balaban J connectivity index is 1.57. The van der Waals surface area contributed by atoms with E-state index in [-0.39, 0.29) is 11.8 Å². The van der Waals surface area contributed by atoms with Crippen LogP contribution in [-0.4, -0.2) is 27.0 Å². The van der Waals surface area contributed by atoms with Crippen LogP contribution < -0.4 is 15.7 Å². The van der Waals surface area contributed by atoms with Gasteiger partial charge in [-0.25, -0.2) is 9.48 Å². The SMILES string of the molecule is O=c1n(CC2Cc3ccccc3O2)nc2n1CCNC2. The van der Waals surface area contributed by atoms with Crippen molar-refractivity contribution in [1.82, 2.24) is 19.7 Å². The van der Waals surface area contributed by atoms with Gasteiger partial charge in [0.2, 0.25) is 0 Å². The van der Waals surface area contributed by atoms with E-state index in [1.807, 2.05) is 18.2 Å². The molecule has 0 amide bonds. The minimum absolute atomic E-state index is 0.00462. The molecule has 0 spiro atoms. The second kappa shape index (κ2) is 4.49. The van der Waals surface area contributed by atoms with Gasteiger partial charge in [-0.15, -0.1) is 0 Å². The maximum atomic E-state index is 12.3. The first-order valence-corrected chi connectivity index (χ1v) is 6.93. The quantitative estimate of drug-likeness (QED) is 0.845. The first-order chi connectivity index (χ1) is 9.81. The molecular weight excluding hydrogens is 256 g/mol. The van der Waals surface area contributed by atoms with Crippen molar-refractivity contribution in [3.05, 3.63) is 46.1 Å². The summed E-state index contributed by atoms with van der Waals surface area (Å²) >= 11 is 0. The highest BCUT2D eigenvalue weighted by molar-refractivity contribution is 5.37. The number of nitrogens with zero attached hydrogens (tertiary/aromatic N) is 3. The fraction of sp³-hybridized carbons (Fsp3) is 0.429. The van der Waals surface area contributed by atoms with Gasteiger partial charge in [0.05, 0.1) is 13.1 Å². The molecule has 2 aliphatic rings. The Morgan fingerprint density at radius 2 is 2.30 bits per heavy atom. The zero-order valence-corrected chi connectivity index (χ0v) is 11.1. The molecule has 1 unspecified atom stereocenters. The van der Waals surface area contributed by atoms with Gasteiger partial charge in [-0.2, -0.15) is 5.10 Å². The number of ether oxygens (including phenoxy) is 1. The molecule has 20 heavy (non-hydrogen) atoms. The van der Waals surface area contributed by atoms with Crippen LogP contribution in [0.5, 0.6) is 5.75 Å². The standard InChI is InChI=1S/C14H16N4O2/c19-14-17-6-5-15-8-13(17)16-18(14)9-11-7-10-3-1-2-4-12(10)20-11/h1-4,11,15H,5-9H2. The lowest BCUT2D eigenvalue weighted by Gasteiger charge is -2.11. The van der Waals surface area contributed by atoms with Crippen LogP contribution in [-0.2, 0) is 26.1 Å². The number of hydrogen-bond donors (Lipinski definition) is 1. The van der Waals surface area contributed by atoms with Crippen LogP contribution in [0, 0.1) is 0 Å². The molecule has 1 N–H and O–H groups in total. The number of para-hydroxylation sites is 1. The number of fused-ring (bicyclic) bond motifs is 2. The number of hydrogen-bond acceptors (Lipinski definition) is 4. The largest absolute Gasteiger partial charge is 0.488 e. The molecule has 1 aromatic carbocycles. The van der Waals surface area contributed by atoms with Crippen LogP contribution >= 0.6 is 0 Å². The average Bonchev–Trinajstić information content (AvgIpc) is 3.01. The molecule has 6 heteroatoms. The van der Waals surface area contributed by atoms with Crippen molar-refractivity contribution in [2.24, 2.45) is 0 Å². The summed E-state index contributed by atoms with van der Waals surface area (Å²) in [4.78, 5) is 12.3. The number of rotatable bonds is 2. The molecular formula is C14H16N4O2. The summed E-state index contributed by atoms with van der Waals surface area (Å²) < 4.78 is 9.16. The molecule has 2 aromatic rings. The Labute approximate surface area is 116 Å². The number of aromatic nitrogens is 3. The van der Waals surface area contributed by atoms with Gasteiger partial charge in [-0.1, -0.05) is 18.2 Å². The van der Waals surface area contributed by atoms with Gasteiger partial charge in [-0.05, 0) is 11.6 Å². The normalized spacial score (nSPS) is 20.3. The van der Waals surface area contributed by atoms with Gasteiger partial charge in [0, 0.05) is 19.5 Å². The van der Waals surface area contributed by atoms with Crippen LogP contribution in [0.4, 0.5) is 0 Å². The van der Waals surface area contributed by atoms with Crippen LogP contribution in [0.25, 0.3) is 0 Å². The fourth-order valence-electron chi connectivity index (χ4n) is 2.90. The summed E-state index contributed by atoms with van der Waals surface area (Å²) in [5.74, 6) is 1.74. The molecule has 1 aromatic heterocycles. The van der Waals surface area contributed by atoms with Crippen molar-refractivity contribution in [2.45, 2.75) is 32.2 Å². The van der Waals surface area contributed by atoms with Crippen molar-refractivity contribution in [1.29, 1.82) is 0 Å². The summed E-state index contributed by atoms with van der Waals surface area (Å²) in [5, 5.41) is 7.62. The molecule has 0 bridgehead atoms. The average molecular weight is 272 g/mol. The third-order valence-electron chi connectivity index (χ3n) is 3.89. The molecule has 0 fully saturated rings. The van der Waals surface area contributed by atoms with Crippen molar-refractivity contribution in [2.75, 3.05) is 6.54 Å². The monoisotopic (exact) mass is 272 g/mol. The van der Waals surface area contributed by atoms with Crippen LogP contribution in [0.15, 0.2) is 29.1 Å². The topological polar surface area (TPSA) is 61.1 Å². The Kier molecular flexibility index (Phi) is 2.63. The molecule has 1 atom stereocenters. The third-order valence-corrected chi connectivity index (χ3v) is 3.89. The van der Waals surface area contributed by atoms with E-state index < -0.39 is 0 Å². The van der Waals surface area contributed by atoms with Crippen LogP contribution in [0.2, 0.25) is 0 Å². The molecule has 0 saturated heterocycles. The van der Waals surface area contributed by atoms with Crippen molar-refractivity contribution in [3.8, 4) is 5.75 Å². The molecule has 0 radical (unpaired) electrons. The molecule has 2 aliphatic heterocycles. The maximum Gasteiger partial charge on any atom is 0.346 e. The van der Waals surface area contributed by atoms with E-state index in [1.165, 1.54) is 5.56 Å². The first-order valence-electron chi connectivity index (χ1n) is 6.93. The smallest absolute Gasteiger partial charge is 0.346 e. The fourth-order valence-corrected chi connectivity index (χ4v) is 2.90. The Hall–Kier alpha value is -2.08. The summed E-state index contributed by atoms with van der Waals surface area (Å²) in [6.45, 7) is 2.69. The summed E-state index contributed by atoms with van der Waals surface area (Å²) in [5.41, 5.74) is 1.18. The summed E-state index contributed by atoms with van der Waals surface area (Å²) in [7, 11) is 0. The van der Waals surface area contributed by atoms with Crippen molar-refractivity contribution >= 4 is 0 Å². The predicted molar refractivity (Wildman–Crippen MR) is 72.8 cm³/mol. The highest BCUT2D eigenvalue weighted by atomic mass is 16.5. The van der Waals surface area contributed by atoms with Crippen molar-refractivity contribution < 1.29 is 4.74 Å². The zero-order chi connectivity index (χ0) is 13.5. The molecule has 0 aliphatic carbocycles. The Bertz CT molecular complexity index is 678. The number of benzene rings is 1. The lowest BCUT2D eigenvalue weighted by Crippen LogP contribution is -2.35. The van der Waals surface area contributed by atoms with E-state index in [2.05, 4.69) is 16.5 Å². The zero-order valence-electron chi connectivity index (χ0n) is 11.1. The minimum atomic E-state index is -0.0268. The molecule has 0 saturated carbocycles. The lowest BCUT2D eigenvalue weighted by atomic mass is 10.1. The minimum Gasteiger partial charge on any atom is -0.488 e. The maximum absolute atomic E-state index is 12.3. The van der Waals surface area contributed by atoms with Gasteiger partial charge < -0.3 is 10.1 Å². The predicted octanol–water partition coefficient (Wildman–Crippen LogP) is 0.152. The highest BCUT2D eigenvalue weighted by Crippen LogP contribution is 2.28. The van der Waals surface area contributed by atoms with E-state index >= 15 is 0 Å². The number of nitrogens with one attached hydrogen (secondary N) is 1. The van der Waals surface area contributed by atoms with E-state index in [4.69, 9.17) is 4.74 Å². The first kappa shape index (κ1) is 11.7. The van der Waals surface area contributed by atoms with E-state index in [0.717, 1.165) is 24.5 Å².